The summed E-state index contributed by atoms with van der Waals surface area (Å²) in [6.45, 7) is -0.130. The van der Waals surface area contributed by atoms with Gasteiger partial charge in [-0.1, -0.05) is 34.1 Å². The van der Waals surface area contributed by atoms with Crippen molar-refractivity contribution >= 4 is 44.9 Å². The van der Waals surface area contributed by atoms with Gasteiger partial charge in [0.25, 0.3) is 11.1 Å². The van der Waals surface area contributed by atoms with Gasteiger partial charge in [-0.3, -0.25) is 14.5 Å². The smallest absolute Gasteiger partial charge is 0.293 e. The number of phenols is 1. The zero-order valence-electron chi connectivity index (χ0n) is 13.5. The second kappa shape index (κ2) is 7.51. The van der Waals surface area contributed by atoms with Crippen LogP contribution >= 0.6 is 27.7 Å². The Morgan fingerprint density at radius 1 is 1.31 bits per heavy atom. The molecule has 1 aliphatic heterocycles. The highest BCUT2D eigenvalue weighted by molar-refractivity contribution is 9.10. The number of carbonyl (C=O) groups is 2. The molecule has 0 unspecified atom stereocenters. The van der Waals surface area contributed by atoms with Gasteiger partial charge in [0.05, 0.1) is 18.6 Å². The van der Waals surface area contributed by atoms with Crippen LogP contribution in [0.2, 0.25) is 0 Å². The van der Waals surface area contributed by atoms with Crippen LogP contribution in [0.3, 0.4) is 0 Å². The van der Waals surface area contributed by atoms with E-state index in [1.165, 1.54) is 31.4 Å². The van der Waals surface area contributed by atoms with Crippen LogP contribution in [0, 0.1) is 5.82 Å². The Morgan fingerprint density at radius 2 is 2.04 bits per heavy atom. The summed E-state index contributed by atoms with van der Waals surface area (Å²) in [6.07, 6.45) is 1.53. The van der Waals surface area contributed by atoms with E-state index in [4.69, 9.17) is 4.74 Å². The molecule has 5 nitrogen and oxygen atoms in total. The second-order valence-corrected chi connectivity index (χ2v) is 7.25. The third-order valence-electron chi connectivity index (χ3n) is 3.74. The van der Waals surface area contributed by atoms with E-state index in [0.717, 1.165) is 16.7 Å². The molecule has 3 rings (SSSR count). The van der Waals surface area contributed by atoms with Gasteiger partial charge in [-0.25, -0.2) is 4.39 Å². The molecule has 1 fully saturated rings. The number of amides is 2. The van der Waals surface area contributed by atoms with Gasteiger partial charge in [0.15, 0.2) is 11.5 Å². The molecule has 0 saturated carbocycles. The molecule has 26 heavy (non-hydrogen) atoms. The SMILES string of the molecule is COc1cc(/C=C2\SC(=O)N(Cc3ccccc3F)C2=O)c(Br)cc1O. The standard InChI is InChI=1S/C18H13BrFNO4S/c1-25-15-6-11(12(19)8-14(15)22)7-16-17(23)21(18(24)26-16)9-10-4-2-3-5-13(10)20/h2-8,22H,9H2,1H3/b16-7-. The fraction of sp³-hybridized carbons (Fsp3) is 0.111. The van der Waals surface area contributed by atoms with Gasteiger partial charge in [0.2, 0.25) is 0 Å². The number of benzene rings is 2. The van der Waals surface area contributed by atoms with Gasteiger partial charge in [0.1, 0.15) is 5.82 Å². The number of phenolic OH excluding ortho intramolecular Hbond substituents is 1. The van der Waals surface area contributed by atoms with Crippen LogP contribution in [0.4, 0.5) is 9.18 Å². The second-order valence-electron chi connectivity index (χ2n) is 5.40. The van der Waals surface area contributed by atoms with Crippen LogP contribution in [-0.4, -0.2) is 28.3 Å². The molecule has 2 aromatic rings. The third-order valence-corrected chi connectivity index (χ3v) is 5.34. The van der Waals surface area contributed by atoms with E-state index in [1.54, 1.807) is 18.2 Å². The van der Waals surface area contributed by atoms with E-state index in [2.05, 4.69) is 15.9 Å². The summed E-state index contributed by atoms with van der Waals surface area (Å²) in [5.74, 6) is -0.780. The van der Waals surface area contributed by atoms with Gasteiger partial charge in [-0.05, 0) is 41.6 Å². The van der Waals surface area contributed by atoms with Crippen molar-refractivity contribution in [3.8, 4) is 11.5 Å². The predicted molar refractivity (Wildman–Crippen MR) is 100 cm³/mol. The zero-order chi connectivity index (χ0) is 18.8. The molecule has 1 saturated heterocycles. The third kappa shape index (κ3) is 3.61. The minimum absolute atomic E-state index is 0.0517. The van der Waals surface area contributed by atoms with Crippen molar-refractivity contribution in [3.63, 3.8) is 0 Å². The van der Waals surface area contributed by atoms with Gasteiger partial charge < -0.3 is 9.84 Å². The molecule has 1 heterocycles. The largest absolute Gasteiger partial charge is 0.504 e. The summed E-state index contributed by atoms with van der Waals surface area (Å²) in [6, 6.07) is 8.99. The summed E-state index contributed by atoms with van der Waals surface area (Å²) in [7, 11) is 1.41. The van der Waals surface area contributed by atoms with Gasteiger partial charge >= 0.3 is 0 Å². The average molecular weight is 438 g/mol. The molecule has 0 radical (unpaired) electrons. The van der Waals surface area contributed by atoms with E-state index >= 15 is 0 Å². The Kier molecular flexibility index (Phi) is 5.33. The molecule has 0 aromatic heterocycles. The number of aromatic hydroxyl groups is 1. The first kappa shape index (κ1) is 18.5. The number of thioether (sulfide) groups is 1. The lowest BCUT2D eigenvalue weighted by atomic mass is 10.1. The first-order valence-electron chi connectivity index (χ1n) is 7.46. The lowest BCUT2D eigenvalue weighted by molar-refractivity contribution is -0.123. The normalized spacial score (nSPS) is 15.8. The molecule has 0 aliphatic carbocycles. The number of rotatable bonds is 4. The molecule has 0 atom stereocenters. The van der Waals surface area contributed by atoms with Crippen molar-refractivity contribution in [2.24, 2.45) is 0 Å². The monoisotopic (exact) mass is 437 g/mol. The van der Waals surface area contributed by atoms with Crippen LogP contribution in [0.25, 0.3) is 6.08 Å². The van der Waals surface area contributed by atoms with Crippen LogP contribution < -0.4 is 4.74 Å². The molecule has 8 heteroatoms. The fourth-order valence-electron chi connectivity index (χ4n) is 2.41. The maximum absolute atomic E-state index is 13.8. The summed E-state index contributed by atoms with van der Waals surface area (Å²) in [5.41, 5.74) is 0.833. The summed E-state index contributed by atoms with van der Waals surface area (Å²) in [4.78, 5) is 26.0. The number of imide groups is 1. The molecule has 1 aliphatic rings. The number of halogens is 2. The van der Waals surface area contributed by atoms with Crippen LogP contribution in [0.1, 0.15) is 11.1 Å². The molecule has 0 spiro atoms. The lowest BCUT2D eigenvalue weighted by Gasteiger charge is -2.12. The Hall–Kier alpha value is -2.32. The maximum atomic E-state index is 13.8. The van der Waals surface area contributed by atoms with Crippen molar-refractivity contribution in [1.29, 1.82) is 0 Å². The van der Waals surface area contributed by atoms with E-state index in [0.29, 0.717) is 10.0 Å². The molecule has 134 valence electrons. The zero-order valence-corrected chi connectivity index (χ0v) is 15.9. The quantitative estimate of drug-likeness (QED) is 0.711. The van der Waals surface area contributed by atoms with Gasteiger partial charge in [0, 0.05) is 10.0 Å². The summed E-state index contributed by atoms with van der Waals surface area (Å²) < 4.78 is 19.4. The topological polar surface area (TPSA) is 66.8 Å². The highest BCUT2D eigenvalue weighted by Gasteiger charge is 2.35. The summed E-state index contributed by atoms with van der Waals surface area (Å²) in [5, 5.41) is 9.29. The summed E-state index contributed by atoms with van der Waals surface area (Å²) >= 11 is 4.08. The number of ether oxygens (including phenoxy) is 1. The maximum Gasteiger partial charge on any atom is 0.293 e. The van der Waals surface area contributed by atoms with Crippen molar-refractivity contribution in [1.82, 2.24) is 4.90 Å². The lowest BCUT2D eigenvalue weighted by Crippen LogP contribution is -2.27. The first-order chi connectivity index (χ1) is 12.4. The van der Waals surface area contributed by atoms with Crippen molar-refractivity contribution in [2.45, 2.75) is 6.54 Å². The average Bonchev–Trinajstić information content (AvgIpc) is 2.86. The fourth-order valence-corrected chi connectivity index (χ4v) is 3.68. The van der Waals surface area contributed by atoms with Crippen LogP contribution in [-0.2, 0) is 11.3 Å². The number of methoxy groups -OCH3 is 1. The van der Waals surface area contributed by atoms with Gasteiger partial charge in [-0.15, -0.1) is 0 Å². The highest BCUT2D eigenvalue weighted by Crippen LogP contribution is 2.37. The minimum Gasteiger partial charge on any atom is -0.504 e. The number of nitrogens with zero attached hydrogens (tertiary/aromatic N) is 1. The van der Waals surface area contributed by atoms with E-state index < -0.39 is 17.0 Å². The number of carbonyl (C=O) groups excluding carboxylic acids is 2. The Bertz CT molecular complexity index is 931. The molecular weight excluding hydrogens is 425 g/mol. The minimum atomic E-state index is -0.498. The van der Waals surface area contributed by atoms with Crippen molar-refractivity contribution < 1.29 is 23.8 Å². The van der Waals surface area contributed by atoms with E-state index in [-0.39, 0.29) is 28.5 Å². The number of hydrogen-bond acceptors (Lipinski definition) is 5. The first-order valence-corrected chi connectivity index (χ1v) is 9.07. The molecule has 2 amide bonds. The van der Waals surface area contributed by atoms with Crippen molar-refractivity contribution in [3.05, 3.63) is 62.7 Å². The van der Waals surface area contributed by atoms with Crippen molar-refractivity contribution in [2.75, 3.05) is 7.11 Å². The highest BCUT2D eigenvalue weighted by atomic mass is 79.9. The van der Waals surface area contributed by atoms with Crippen LogP contribution in [0.5, 0.6) is 11.5 Å². The molecule has 0 bridgehead atoms. The predicted octanol–water partition coefficient (Wildman–Crippen LogP) is 4.54. The van der Waals surface area contributed by atoms with Crippen LogP contribution in [0.15, 0.2) is 45.8 Å². The Balaban J connectivity index is 1.89. The number of hydrogen-bond donors (Lipinski definition) is 1. The Morgan fingerprint density at radius 3 is 2.73 bits per heavy atom. The van der Waals surface area contributed by atoms with Gasteiger partial charge in [-0.2, -0.15) is 0 Å². The Labute approximate surface area is 161 Å². The molecule has 2 aromatic carbocycles. The molecule has 1 N–H and O–H groups in total. The van der Waals surface area contributed by atoms with E-state index in [1.807, 2.05) is 0 Å². The van der Waals surface area contributed by atoms with E-state index in [9.17, 15) is 19.1 Å². The molecular formula is C18H13BrFNO4S.